The molecule has 0 radical (unpaired) electrons. The predicted octanol–water partition coefficient (Wildman–Crippen LogP) is 2.63. The Balaban J connectivity index is 2.48. The summed E-state index contributed by atoms with van der Waals surface area (Å²) < 4.78 is 0. The molecule has 0 aliphatic carbocycles. The number of halogens is 1. The lowest BCUT2D eigenvalue weighted by atomic mass is 10.1. The maximum absolute atomic E-state index is 10.4. The van der Waals surface area contributed by atoms with Crippen LogP contribution in [-0.2, 0) is 6.42 Å². The van der Waals surface area contributed by atoms with Crippen LogP contribution in [0.1, 0.15) is 18.9 Å². The van der Waals surface area contributed by atoms with Crippen LogP contribution in [0.4, 0.5) is 4.79 Å². The molecule has 0 fully saturated rings. The molecule has 0 bridgehead atoms. The fraction of sp³-hybridized carbons (Fsp3) is 0.364. The molecule has 1 aromatic carbocycles. The van der Waals surface area contributed by atoms with Crippen molar-refractivity contribution in [2.45, 2.75) is 25.8 Å². The number of amides is 1. The quantitative estimate of drug-likeness (QED) is 0.761. The van der Waals surface area contributed by atoms with Crippen molar-refractivity contribution in [3.8, 4) is 5.75 Å². The Hall–Kier alpha value is -1.42. The normalized spacial score (nSPS) is 12.1. The molecule has 5 heteroatoms. The van der Waals surface area contributed by atoms with Crippen LogP contribution in [0.15, 0.2) is 18.2 Å². The first-order valence-corrected chi connectivity index (χ1v) is 5.33. The number of phenolic OH excluding ortho intramolecular Hbond substituents is 1. The van der Waals surface area contributed by atoms with Gasteiger partial charge in [0, 0.05) is 6.04 Å². The van der Waals surface area contributed by atoms with Gasteiger partial charge in [-0.3, -0.25) is 0 Å². The molecule has 0 saturated heterocycles. The predicted molar refractivity (Wildman–Crippen MR) is 62.1 cm³/mol. The van der Waals surface area contributed by atoms with Crippen molar-refractivity contribution >= 4 is 17.7 Å². The van der Waals surface area contributed by atoms with E-state index in [1.165, 1.54) is 0 Å². The molecule has 0 saturated carbocycles. The highest BCUT2D eigenvalue weighted by Gasteiger charge is 2.06. The molecular formula is C11H14ClNO3. The van der Waals surface area contributed by atoms with Gasteiger partial charge in [0.15, 0.2) is 0 Å². The van der Waals surface area contributed by atoms with E-state index in [9.17, 15) is 9.90 Å². The van der Waals surface area contributed by atoms with Crippen LogP contribution >= 0.6 is 11.6 Å². The van der Waals surface area contributed by atoms with Crippen molar-refractivity contribution < 1.29 is 15.0 Å². The third-order valence-corrected chi connectivity index (χ3v) is 2.57. The fourth-order valence-corrected chi connectivity index (χ4v) is 1.50. The van der Waals surface area contributed by atoms with Crippen LogP contribution in [0.2, 0.25) is 5.02 Å². The first-order chi connectivity index (χ1) is 7.49. The number of hydrogen-bond acceptors (Lipinski definition) is 2. The van der Waals surface area contributed by atoms with Gasteiger partial charge >= 0.3 is 6.09 Å². The number of nitrogens with one attached hydrogen (secondary N) is 1. The van der Waals surface area contributed by atoms with E-state index in [-0.39, 0.29) is 11.8 Å². The number of carbonyl (C=O) groups is 1. The average Bonchev–Trinajstić information content (AvgIpc) is 2.19. The van der Waals surface area contributed by atoms with Crippen molar-refractivity contribution in [3.05, 3.63) is 28.8 Å². The zero-order chi connectivity index (χ0) is 12.1. The minimum Gasteiger partial charge on any atom is -0.506 e. The molecule has 0 spiro atoms. The van der Waals surface area contributed by atoms with Crippen molar-refractivity contribution in [3.63, 3.8) is 0 Å². The molecule has 0 aliphatic rings. The number of aromatic hydroxyl groups is 1. The Kier molecular flexibility index (Phi) is 4.43. The van der Waals surface area contributed by atoms with E-state index < -0.39 is 6.09 Å². The molecule has 1 amide bonds. The summed E-state index contributed by atoms with van der Waals surface area (Å²) in [7, 11) is 0. The largest absolute Gasteiger partial charge is 0.506 e. The Labute approximate surface area is 98.9 Å². The molecule has 1 aromatic rings. The zero-order valence-corrected chi connectivity index (χ0v) is 9.66. The molecule has 0 heterocycles. The van der Waals surface area contributed by atoms with Gasteiger partial charge in [0.05, 0.1) is 5.02 Å². The standard InChI is InChI=1S/C11H14ClNO3/c1-7(13-11(15)16)2-3-8-4-5-9(12)10(14)6-8/h4-7,13-14H,2-3H2,1H3,(H,15,16). The van der Waals surface area contributed by atoms with Gasteiger partial charge in [0.1, 0.15) is 5.75 Å². The van der Waals surface area contributed by atoms with Gasteiger partial charge in [0.25, 0.3) is 0 Å². The van der Waals surface area contributed by atoms with Crippen molar-refractivity contribution in [1.82, 2.24) is 5.32 Å². The second-order valence-electron chi connectivity index (χ2n) is 3.67. The first kappa shape index (κ1) is 12.6. The number of carboxylic acid groups (broad SMARTS) is 1. The third-order valence-electron chi connectivity index (χ3n) is 2.25. The van der Waals surface area contributed by atoms with Crippen molar-refractivity contribution in [2.75, 3.05) is 0 Å². The van der Waals surface area contributed by atoms with Gasteiger partial charge in [-0.2, -0.15) is 0 Å². The maximum Gasteiger partial charge on any atom is 0.404 e. The molecule has 3 N–H and O–H groups in total. The van der Waals surface area contributed by atoms with Crippen molar-refractivity contribution in [1.29, 1.82) is 0 Å². The fourth-order valence-electron chi connectivity index (χ4n) is 1.38. The summed E-state index contributed by atoms with van der Waals surface area (Å²) in [5, 5.41) is 20.5. The van der Waals surface area contributed by atoms with Crippen LogP contribution in [0.5, 0.6) is 5.75 Å². The highest BCUT2D eigenvalue weighted by atomic mass is 35.5. The second-order valence-corrected chi connectivity index (χ2v) is 4.08. The monoisotopic (exact) mass is 243 g/mol. The highest BCUT2D eigenvalue weighted by molar-refractivity contribution is 6.31. The summed E-state index contributed by atoms with van der Waals surface area (Å²) in [4.78, 5) is 10.4. The molecule has 16 heavy (non-hydrogen) atoms. The third kappa shape index (κ3) is 3.98. The number of benzene rings is 1. The zero-order valence-electron chi connectivity index (χ0n) is 8.90. The van der Waals surface area contributed by atoms with Gasteiger partial charge in [-0.15, -0.1) is 0 Å². The molecule has 4 nitrogen and oxygen atoms in total. The summed E-state index contributed by atoms with van der Waals surface area (Å²) in [5.74, 6) is 0.0537. The number of phenols is 1. The lowest BCUT2D eigenvalue weighted by molar-refractivity contribution is 0.190. The lowest BCUT2D eigenvalue weighted by Crippen LogP contribution is -2.31. The summed E-state index contributed by atoms with van der Waals surface area (Å²) in [6.45, 7) is 1.80. The average molecular weight is 244 g/mol. The van der Waals surface area contributed by atoms with Gasteiger partial charge in [-0.1, -0.05) is 17.7 Å². The van der Waals surface area contributed by atoms with Gasteiger partial charge in [-0.05, 0) is 37.5 Å². The SMILES string of the molecule is CC(CCc1ccc(Cl)c(O)c1)NC(=O)O. The summed E-state index contributed by atoms with van der Waals surface area (Å²) in [6, 6.07) is 4.92. The van der Waals surface area contributed by atoms with E-state index in [1.807, 2.05) is 6.07 Å². The van der Waals surface area contributed by atoms with Gasteiger partial charge in [0.2, 0.25) is 0 Å². The number of aryl methyl sites for hydroxylation is 1. The Morgan fingerprint density at radius 1 is 1.56 bits per heavy atom. The minimum atomic E-state index is -1.02. The summed E-state index contributed by atoms with van der Waals surface area (Å²) in [5.41, 5.74) is 0.931. The van der Waals surface area contributed by atoms with E-state index in [0.717, 1.165) is 5.56 Å². The topological polar surface area (TPSA) is 69.6 Å². The number of rotatable bonds is 4. The van der Waals surface area contributed by atoms with Gasteiger partial charge in [-0.25, -0.2) is 4.79 Å². The maximum atomic E-state index is 10.4. The van der Waals surface area contributed by atoms with E-state index in [1.54, 1.807) is 19.1 Å². The molecule has 0 aromatic heterocycles. The van der Waals surface area contributed by atoms with Crippen LogP contribution in [0.25, 0.3) is 0 Å². The van der Waals surface area contributed by atoms with Crippen LogP contribution in [0.3, 0.4) is 0 Å². The molecule has 1 atom stereocenters. The molecular weight excluding hydrogens is 230 g/mol. The van der Waals surface area contributed by atoms with Crippen LogP contribution < -0.4 is 5.32 Å². The van der Waals surface area contributed by atoms with Crippen LogP contribution in [0, 0.1) is 0 Å². The number of hydrogen-bond donors (Lipinski definition) is 3. The molecule has 1 unspecified atom stereocenters. The lowest BCUT2D eigenvalue weighted by Gasteiger charge is -2.11. The smallest absolute Gasteiger partial charge is 0.404 e. The summed E-state index contributed by atoms with van der Waals surface area (Å²) in [6.07, 6.45) is 0.339. The first-order valence-electron chi connectivity index (χ1n) is 4.96. The van der Waals surface area contributed by atoms with Gasteiger partial charge < -0.3 is 15.5 Å². The van der Waals surface area contributed by atoms with E-state index in [4.69, 9.17) is 16.7 Å². The van der Waals surface area contributed by atoms with Crippen molar-refractivity contribution in [2.24, 2.45) is 0 Å². The second kappa shape index (κ2) is 5.61. The van der Waals surface area contributed by atoms with Crippen LogP contribution in [-0.4, -0.2) is 22.3 Å². The minimum absolute atomic E-state index is 0.0537. The Morgan fingerprint density at radius 2 is 2.25 bits per heavy atom. The molecule has 0 aliphatic heterocycles. The van der Waals surface area contributed by atoms with E-state index in [2.05, 4.69) is 5.32 Å². The van der Waals surface area contributed by atoms with E-state index >= 15 is 0 Å². The Bertz CT molecular complexity index is 381. The molecule has 88 valence electrons. The summed E-state index contributed by atoms with van der Waals surface area (Å²) >= 11 is 5.67. The highest BCUT2D eigenvalue weighted by Crippen LogP contribution is 2.24. The molecule has 1 rings (SSSR count). The Morgan fingerprint density at radius 3 is 2.81 bits per heavy atom. The van der Waals surface area contributed by atoms with E-state index in [0.29, 0.717) is 17.9 Å².